The molecule has 1 unspecified atom stereocenters. The molecule has 1 atom stereocenters. The molecular formula is C91H55ClN2O3S. The van der Waals surface area contributed by atoms with E-state index in [0.717, 1.165) is 150 Å². The minimum absolute atomic E-state index is 0.708. The summed E-state index contributed by atoms with van der Waals surface area (Å²) in [4.78, 5) is 7.27. The van der Waals surface area contributed by atoms with Crippen LogP contribution in [0.3, 0.4) is 0 Å². The third-order valence-corrected chi connectivity index (χ3v) is 21.5. The molecule has 0 fully saturated rings. The minimum atomic E-state index is -0.800. The Labute approximate surface area is 574 Å². The summed E-state index contributed by atoms with van der Waals surface area (Å²) in [5, 5.41) is 7.09. The van der Waals surface area contributed by atoms with Crippen molar-refractivity contribution in [3.63, 3.8) is 0 Å². The van der Waals surface area contributed by atoms with Crippen LogP contribution in [0.2, 0.25) is 5.02 Å². The molecule has 20 rings (SSSR count). The number of halogens is 1. The van der Waals surface area contributed by atoms with E-state index in [9.17, 15) is 0 Å². The molecule has 4 heterocycles. The predicted octanol–water partition coefficient (Wildman–Crippen LogP) is 26.5. The van der Waals surface area contributed by atoms with Gasteiger partial charge in [0.15, 0.2) is 0 Å². The number of furan rings is 3. The Kier molecular flexibility index (Phi) is 12.8. The van der Waals surface area contributed by atoms with Crippen molar-refractivity contribution >= 4 is 123 Å². The molecule has 15 aromatic carbocycles. The number of benzene rings is 15. The van der Waals surface area contributed by atoms with Crippen LogP contribution in [-0.2, 0) is 5.41 Å². The van der Waals surface area contributed by atoms with Crippen molar-refractivity contribution in [2.75, 3.05) is 9.80 Å². The average Bonchev–Trinajstić information content (AvgIpc) is 1.47. The quantitative estimate of drug-likeness (QED) is 0.136. The summed E-state index contributed by atoms with van der Waals surface area (Å²) >= 11 is 8.40. The largest absolute Gasteiger partial charge is 0.456 e. The average molecular weight is 1290 g/mol. The molecule has 0 amide bonds. The topological polar surface area (TPSA) is 45.9 Å². The van der Waals surface area contributed by atoms with Gasteiger partial charge in [0.1, 0.15) is 33.5 Å². The Bertz CT molecular complexity index is 6250. The maximum Gasteiger partial charge on any atom is 0.143 e. The number of hydrogen-bond donors (Lipinski definition) is 0. The second kappa shape index (κ2) is 22.3. The maximum absolute atomic E-state index is 6.87. The zero-order chi connectivity index (χ0) is 64.6. The highest BCUT2D eigenvalue weighted by Crippen LogP contribution is 2.64. The van der Waals surface area contributed by atoms with Crippen LogP contribution < -0.4 is 9.80 Å². The zero-order valence-electron chi connectivity index (χ0n) is 52.7. The fourth-order valence-electron chi connectivity index (χ4n) is 15.9. The van der Waals surface area contributed by atoms with Gasteiger partial charge < -0.3 is 23.1 Å². The van der Waals surface area contributed by atoms with Gasteiger partial charge in [-0.25, -0.2) is 0 Å². The number of para-hydroxylation sites is 5. The molecule has 1 aliphatic carbocycles. The van der Waals surface area contributed by atoms with Crippen molar-refractivity contribution in [1.82, 2.24) is 0 Å². The van der Waals surface area contributed by atoms with E-state index in [1.54, 1.807) is 0 Å². The summed E-state index contributed by atoms with van der Waals surface area (Å²) in [5.74, 6) is 0. The summed E-state index contributed by atoms with van der Waals surface area (Å²) in [6.07, 6.45) is 0. The lowest BCUT2D eigenvalue weighted by Gasteiger charge is -2.41. The van der Waals surface area contributed by atoms with Gasteiger partial charge in [0.2, 0.25) is 0 Å². The first-order valence-corrected chi connectivity index (χ1v) is 34.3. The molecule has 0 radical (unpaired) electrons. The molecule has 5 nitrogen and oxygen atoms in total. The third kappa shape index (κ3) is 8.75. The lowest BCUT2D eigenvalue weighted by atomic mass is 9.67. The number of fused-ring (bicyclic) bond motifs is 18. The molecule has 0 bridgehead atoms. The monoisotopic (exact) mass is 1290 g/mol. The van der Waals surface area contributed by atoms with Crippen LogP contribution in [0.5, 0.6) is 0 Å². The Morgan fingerprint density at radius 1 is 0.265 bits per heavy atom. The second-order valence-corrected chi connectivity index (χ2v) is 27.1. The van der Waals surface area contributed by atoms with Crippen LogP contribution in [0, 0.1) is 0 Å². The molecule has 0 saturated carbocycles. The SMILES string of the molecule is Clc1ccc(-c2ccc3c(c2)Sc2ccc(N(c4ccccc4)c4cc(-c5ccccc5)cc5oc6ccccc6c45)cc2C32c3ccccc3-c3cc(N(c4cccc(-c5cccc6c5oc5ccccc56)c4)c4cc(-c5ccccc5)c5oc6ccccc6c5c4)ccc32)cc1. The van der Waals surface area contributed by atoms with Crippen LogP contribution in [-0.4, -0.2) is 0 Å². The summed E-state index contributed by atoms with van der Waals surface area (Å²) in [6.45, 7) is 0. The zero-order valence-corrected chi connectivity index (χ0v) is 54.2. The van der Waals surface area contributed by atoms with E-state index in [1.807, 2.05) is 30.0 Å². The van der Waals surface area contributed by atoms with Gasteiger partial charge in [-0.05, 0) is 182 Å². The molecule has 7 heteroatoms. The van der Waals surface area contributed by atoms with Gasteiger partial charge in [0.25, 0.3) is 0 Å². The van der Waals surface area contributed by atoms with Crippen molar-refractivity contribution in [3.8, 4) is 55.6 Å². The van der Waals surface area contributed by atoms with E-state index in [4.69, 9.17) is 24.9 Å². The van der Waals surface area contributed by atoms with Crippen molar-refractivity contribution in [2.45, 2.75) is 15.2 Å². The molecule has 2 aliphatic rings. The van der Waals surface area contributed by atoms with Crippen molar-refractivity contribution in [2.24, 2.45) is 0 Å². The highest BCUT2D eigenvalue weighted by atomic mass is 35.5. The lowest BCUT2D eigenvalue weighted by Crippen LogP contribution is -2.32. The van der Waals surface area contributed by atoms with Crippen molar-refractivity contribution in [1.29, 1.82) is 0 Å². The van der Waals surface area contributed by atoms with Gasteiger partial charge in [-0.1, -0.05) is 242 Å². The van der Waals surface area contributed by atoms with Crippen LogP contribution in [0.15, 0.2) is 357 Å². The van der Waals surface area contributed by atoms with Crippen LogP contribution in [0.1, 0.15) is 22.3 Å². The standard InChI is InChI=1S/C91H55ClN2O3S/c92-62-41-38-57(39-42-62)59-40-45-79-87(51-59)98-86-47-44-66(94(63-25-8-3-9-26-63)81-49-61(56-20-4-1-5-21-56)50-85-88(81)73-31-13-17-37-84(73)95-85)55-80(86)91(79)77-34-14-10-28-69(77)75-52-65(43-46-78(75)91)93(64-27-18-24-60(48-64)68-32-19-33-72-70-29-11-15-35-82(70)96-89(68)72)67-53-74(58-22-6-2-7-23-58)90-76(54-67)71-30-12-16-36-83(71)97-90/h1-55H. The van der Waals surface area contributed by atoms with Gasteiger partial charge in [-0.3, -0.25) is 0 Å². The minimum Gasteiger partial charge on any atom is -0.456 e. The van der Waals surface area contributed by atoms with E-state index >= 15 is 0 Å². The third-order valence-electron chi connectivity index (χ3n) is 20.1. The van der Waals surface area contributed by atoms with Gasteiger partial charge in [-0.15, -0.1) is 0 Å². The Morgan fingerprint density at radius 3 is 1.60 bits per heavy atom. The Morgan fingerprint density at radius 2 is 0.816 bits per heavy atom. The molecule has 1 aliphatic heterocycles. The summed E-state index contributed by atoms with van der Waals surface area (Å²) in [5.41, 5.74) is 26.1. The first-order valence-electron chi connectivity index (χ1n) is 33.1. The van der Waals surface area contributed by atoms with E-state index in [1.165, 1.54) is 37.6 Å². The molecule has 3 aromatic heterocycles. The Hall–Kier alpha value is -12.1. The number of rotatable bonds is 10. The molecule has 460 valence electrons. The number of hydrogen-bond acceptors (Lipinski definition) is 6. The van der Waals surface area contributed by atoms with Gasteiger partial charge >= 0.3 is 0 Å². The fraction of sp³-hybridized carbons (Fsp3) is 0.0110. The normalized spacial score (nSPS) is 13.8. The lowest BCUT2D eigenvalue weighted by molar-refractivity contribution is 0.669. The molecule has 98 heavy (non-hydrogen) atoms. The summed E-state index contributed by atoms with van der Waals surface area (Å²) in [6, 6.07) is 121. The van der Waals surface area contributed by atoms with Crippen molar-refractivity contribution in [3.05, 3.63) is 361 Å². The van der Waals surface area contributed by atoms with Gasteiger partial charge in [-0.2, -0.15) is 0 Å². The van der Waals surface area contributed by atoms with Crippen molar-refractivity contribution < 1.29 is 13.3 Å². The van der Waals surface area contributed by atoms with E-state index < -0.39 is 5.41 Å². The highest BCUT2D eigenvalue weighted by molar-refractivity contribution is 7.99. The van der Waals surface area contributed by atoms with Gasteiger partial charge in [0, 0.05) is 81.3 Å². The summed E-state index contributed by atoms with van der Waals surface area (Å²) in [7, 11) is 0. The summed E-state index contributed by atoms with van der Waals surface area (Å²) < 4.78 is 20.5. The fourth-order valence-corrected chi connectivity index (χ4v) is 17.2. The smallest absolute Gasteiger partial charge is 0.143 e. The molecular weight excluding hydrogens is 1240 g/mol. The van der Waals surface area contributed by atoms with E-state index in [0.29, 0.717) is 5.02 Å². The van der Waals surface area contributed by atoms with Gasteiger partial charge in [0.05, 0.1) is 16.5 Å². The first kappa shape index (κ1) is 56.3. The predicted molar refractivity (Wildman–Crippen MR) is 406 cm³/mol. The van der Waals surface area contributed by atoms with Crippen LogP contribution >= 0.6 is 23.4 Å². The first-order chi connectivity index (χ1) is 48.5. The second-order valence-electron chi connectivity index (χ2n) is 25.5. The Balaban J connectivity index is 0.840. The molecule has 0 N–H and O–H groups in total. The molecule has 0 saturated heterocycles. The van der Waals surface area contributed by atoms with E-state index in [2.05, 4.69) is 325 Å². The van der Waals surface area contributed by atoms with Crippen LogP contribution in [0.25, 0.3) is 121 Å². The number of nitrogens with zero attached hydrogens (tertiary/aromatic N) is 2. The highest BCUT2D eigenvalue weighted by Gasteiger charge is 2.51. The molecule has 1 spiro atoms. The van der Waals surface area contributed by atoms with E-state index in [-0.39, 0.29) is 0 Å². The number of anilines is 6. The van der Waals surface area contributed by atoms with Crippen LogP contribution in [0.4, 0.5) is 34.1 Å². The maximum atomic E-state index is 6.87. The molecule has 18 aromatic rings.